The molecule has 0 aromatic carbocycles. The Bertz CT molecular complexity index is 373. The van der Waals surface area contributed by atoms with Crippen LogP contribution in [0.1, 0.15) is 32.1 Å². The van der Waals surface area contributed by atoms with Gasteiger partial charge in [0.05, 0.1) is 6.26 Å². The lowest BCUT2D eigenvalue weighted by Gasteiger charge is -2.30. The van der Waals surface area contributed by atoms with Crippen LogP contribution < -0.4 is 0 Å². The van der Waals surface area contributed by atoms with E-state index in [1.165, 1.54) is 10.6 Å². The van der Waals surface area contributed by atoms with Gasteiger partial charge in [-0.05, 0) is 31.6 Å². The third-order valence-electron chi connectivity index (χ3n) is 3.47. The first kappa shape index (κ1) is 12.0. The largest absolute Gasteiger partial charge is 0.299 e. The lowest BCUT2D eigenvalue weighted by Crippen LogP contribution is -2.39. The standard InChI is InChI=1S/C11H19NO3S/c1-16(14,15)12-6-2-3-9(8-12)7-11(13)10-4-5-10/h9-10H,2-8H2,1H3. The molecule has 0 radical (unpaired) electrons. The Labute approximate surface area is 97.1 Å². The van der Waals surface area contributed by atoms with Crippen molar-refractivity contribution in [3.8, 4) is 0 Å². The lowest BCUT2D eigenvalue weighted by molar-refractivity contribution is -0.121. The third kappa shape index (κ3) is 3.04. The van der Waals surface area contributed by atoms with Crippen LogP contribution in [-0.4, -0.2) is 37.9 Å². The number of Topliss-reactive ketones (excluding diaryl/α,β-unsaturated/α-hetero) is 1. The van der Waals surface area contributed by atoms with Gasteiger partial charge in [0.1, 0.15) is 5.78 Å². The summed E-state index contributed by atoms with van der Waals surface area (Å²) in [6, 6.07) is 0. The quantitative estimate of drug-likeness (QED) is 0.743. The maximum absolute atomic E-state index is 11.7. The Balaban J connectivity index is 1.88. The topological polar surface area (TPSA) is 54.5 Å². The van der Waals surface area contributed by atoms with Crippen molar-refractivity contribution in [2.75, 3.05) is 19.3 Å². The molecule has 0 aromatic rings. The number of piperidine rings is 1. The van der Waals surface area contributed by atoms with E-state index in [0.717, 1.165) is 25.7 Å². The van der Waals surface area contributed by atoms with Gasteiger partial charge in [0, 0.05) is 25.4 Å². The predicted molar refractivity (Wildman–Crippen MR) is 61.5 cm³/mol. The van der Waals surface area contributed by atoms with Crippen LogP contribution >= 0.6 is 0 Å². The van der Waals surface area contributed by atoms with Crippen molar-refractivity contribution < 1.29 is 13.2 Å². The Hall–Kier alpha value is -0.420. The lowest BCUT2D eigenvalue weighted by atomic mass is 9.93. The molecule has 4 nitrogen and oxygen atoms in total. The van der Waals surface area contributed by atoms with Crippen molar-refractivity contribution in [2.24, 2.45) is 11.8 Å². The number of rotatable bonds is 4. The van der Waals surface area contributed by atoms with E-state index in [9.17, 15) is 13.2 Å². The van der Waals surface area contributed by atoms with Crippen molar-refractivity contribution in [1.82, 2.24) is 4.31 Å². The van der Waals surface area contributed by atoms with Gasteiger partial charge in [0.2, 0.25) is 10.0 Å². The molecule has 1 heterocycles. The molecular formula is C11H19NO3S. The van der Waals surface area contributed by atoms with Crippen molar-refractivity contribution in [3.63, 3.8) is 0 Å². The summed E-state index contributed by atoms with van der Waals surface area (Å²) in [6.45, 7) is 1.16. The van der Waals surface area contributed by atoms with Crippen LogP contribution in [0.2, 0.25) is 0 Å². The van der Waals surface area contributed by atoms with Crippen molar-refractivity contribution in [2.45, 2.75) is 32.1 Å². The Morgan fingerprint density at radius 1 is 1.31 bits per heavy atom. The SMILES string of the molecule is CS(=O)(=O)N1CCCC(CC(=O)C2CC2)C1. The second-order valence-corrected chi connectivity index (χ2v) is 7.06. The molecule has 92 valence electrons. The van der Waals surface area contributed by atoms with Crippen molar-refractivity contribution in [3.05, 3.63) is 0 Å². The molecule has 2 rings (SSSR count). The molecule has 0 bridgehead atoms. The van der Waals surface area contributed by atoms with Crippen LogP contribution in [0, 0.1) is 11.8 Å². The molecular weight excluding hydrogens is 226 g/mol. The van der Waals surface area contributed by atoms with E-state index in [-0.39, 0.29) is 5.92 Å². The fraction of sp³-hybridized carbons (Fsp3) is 0.909. The zero-order valence-electron chi connectivity index (χ0n) is 9.68. The Morgan fingerprint density at radius 3 is 2.56 bits per heavy atom. The molecule has 2 aliphatic rings. The van der Waals surface area contributed by atoms with Crippen LogP contribution in [0.15, 0.2) is 0 Å². The fourth-order valence-corrected chi connectivity index (χ4v) is 3.29. The van der Waals surface area contributed by atoms with E-state index >= 15 is 0 Å². The van der Waals surface area contributed by atoms with Gasteiger partial charge in [-0.25, -0.2) is 12.7 Å². The molecule has 1 atom stereocenters. The first-order valence-electron chi connectivity index (χ1n) is 5.94. The smallest absolute Gasteiger partial charge is 0.211 e. The maximum Gasteiger partial charge on any atom is 0.211 e. The van der Waals surface area contributed by atoms with Crippen LogP contribution in [0.25, 0.3) is 0 Å². The summed E-state index contributed by atoms with van der Waals surface area (Å²) < 4.78 is 24.3. The van der Waals surface area contributed by atoms with Crippen LogP contribution in [0.5, 0.6) is 0 Å². The highest BCUT2D eigenvalue weighted by Crippen LogP contribution is 2.33. The molecule has 0 spiro atoms. The average molecular weight is 245 g/mol. The van der Waals surface area contributed by atoms with Crippen LogP contribution in [0.4, 0.5) is 0 Å². The first-order valence-corrected chi connectivity index (χ1v) is 7.79. The molecule has 1 saturated heterocycles. The Morgan fingerprint density at radius 2 is 2.00 bits per heavy atom. The monoisotopic (exact) mass is 245 g/mol. The first-order chi connectivity index (χ1) is 7.47. The van der Waals surface area contributed by atoms with Crippen molar-refractivity contribution >= 4 is 15.8 Å². The summed E-state index contributed by atoms with van der Waals surface area (Å²) in [4.78, 5) is 11.7. The van der Waals surface area contributed by atoms with E-state index in [1.54, 1.807) is 0 Å². The van der Waals surface area contributed by atoms with Crippen LogP contribution in [0.3, 0.4) is 0 Å². The molecule has 1 unspecified atom stereocenters. The zero-order valence-corrected chi connectivity index (χ0v) is 10.5. The molecule has 1 aliphatic carbocycles. The number of ketones is 1. The molecule has 1 saturated carbocycles. The van der Waals surface area contributed by atoms with Gasteiger partial charge < -0.3 is 0 Å². The normalized spacial score (nSPS) is 27.9. The molecule has 1 aliphatic heterocycles. The minimum Gasteiger partial charge on any atom is -0.299 e. The number of hydrogen-bond acceptors (Lipinski definition) is 3. The van der Waals surface area contributed by atoms with E-state index in [0.29, 0.717) is 31.2 Å². The maximum atomic E-state index is 11.7. The summed E-state index contributed by atoms with van der Waals surface area (Å²) >= 11 is 0. The van der Waals surface area contributed by atoms with Gasteiger partial charge >= 0.3 is 0 Å². The van der Waals surface area contributed by atoms with Gasteiger partial charge in [0.15, 0.2) is 0 Å². The fourth-order valence-electron chi connectivity index (χ4n) is 2.35. The number of nitrogens with zero attached hydrogens (tertiary/aromatic N) is 1. The molecule has 0 aromatic heterocycles. The summed E-state index contributed by atoms with van der Waals surface area (Å²) in [5, 5.41) is 0. The number of carbonyl (C=O) groups excluding carboxylic acids is 1. The van der Waals surface area contributed by atoms with Gasteiger partial charge in [-0.1, -0.05) is 0 Å². The molecule has 2 fully saturated rings. The second-order valence-electron chi connectivity index (χ2n) is 5.07. The summed E-state index contributed by atoms with van der Waals surface area (Å²) in [7, 11) is -3.08. The minimum absolute atomic E-state index is 0.247. The highest BCUT2D eigenvalue weighted by atomic mass is 32.2. The molecule has 5 heteroatoms. The van der Waals surface area contributed by atoms with Gasteiger partial charge in [-0.2, -0.15) is 0 Å². The highest BCUT2D eigenvalue weighted by molar-refractivity contribution is 7.88. The van der Waals surface area contributed by atoms with Crippen LogP contribution in [-0.2, 0) is 14.8 Å². The van der Waals surface area contributed by atoms with E-state index in [2.05, 4.69) is 0 Å². The highest BCUT2D eigenvalue weighted by Gasteiger charge is 2.33. The van der Waals surface area contributed by atoms with Crippen molar-refractivity contribution in [1.29, 1.82) is 0 Å². The Kier molecular flexibility index (Phi) is 3.35. The summed E-state index contributed by atoms with van der Waals surface area (Å²) in [5.74, 6) is 0.894. The molecule has 0 N–H and O–H groups in total. The average Bonchev–Trinajstić information content (AvgIpc) is 2.99. The predicted octanol–water partition coefficient (Wildman–Crippen LogP) is 1.03. The van der Waals surface area contributed by atoms with E-state index in [4.69, 9.17) is 0 Å². The van der Waals surface area contributed by atoms with Gasteiger partial charge in [0.25, 0.3) is 0 Å². The molecule has 0 amide bonds. The zero-order chi connectivity index (χ0) is 11.8. The molecule has 16 heavy (non-hydrogen) atoms. The number of hydrogen-bond donors (Lipinski definition) is 0. The minimum atomic E-state index is -3.08. The summed E-state index contributed by atoms with van der Waals surface area (Å²) in [6.07, 6.45) is 5.79. The third-order valence-corrected chi connectivity index (χ3v) is 4.74. The van der Waals surface area contributed by atoms with E-state index < -0.39 is 10.0 Å². The van der Waals surface area contributed by atoms with Gasteiger partial charge in [-0.15, -0.1) is 0 Å². The van der Waals surface area contributed by atoms with Gasteiger partial charge in [-0.3, -0.25) is 4.79 Å². The summed E-state index contributed by atoms with van der Waals surface area (Å²) in [5.41, 5.74) is 0. The second kappa shape index (κ2) is 4.45. The van der Waals surface area contributed by atoms with E-state index in [1.807, 2.05) is 0 Å². The number of sulfonamides is 1. The number of carbonyl (C=O) groups is 1.